The Balaban J connectivity index is 2.23. The molecule has 0 radical (unpaired) electrons. The van der Waals surface area contributed by atoms with Gasteiger partial charge in [0.05, 0.1) is 4.92 Å². The van der Waals surface area contributed by atoms with E-state index in [1.807, 2.05) is 25.1 Å². The number of nitrogens with two attached hydrogens (primary N) is 1. The fourth-order valence-corrected chi connectivity index (χ4v) is 2.99. The van der Waals surface area contributed by atoms with Gasteiger partial charge in [-0.2, -0.15) is 0 Å². The Kier molecular flexibility index (Phi) is 4.52. The third-order valence-corrected chi connectivity index (χ3v) is 4.28. The molecule has 2 N–H and O–H groups in total. The lowest BCUT2D eigenvalue weighted by molar-refractivity contribution is -0.385. The first kappa shape index (κ1) is 14.7. The van der Waals surface area contributed by atoms with Gasteiger partial charge in [-0.15, -0.1) is 11.8 Å². The average molecular weight is 309 g/mol. The fraction of sp³-hybridized carbons (Fsp3) is 0.143. The molecule has 0 bridgehead atoms. The first-order valence-electron chi connectivity index (χ1n) is 5.89. The van der Waals surface area contributed by atoms with Crippen LogP contribution in [0.5, 0.6) is 0 Å². The largest absolute Gasteiger partial charge is 0.399 e. The Hall–Kier alpha value is -1.72. The Labute approximate surface area is 126 Å². The van der Waals surface area contributed by atoms with Crippen LogP contribution in [-0.4, -0.2) is 4.92 Å². The predicted molar refractivity (Wildman–Crippen MR) is 83.3 cm³/mol. The standard InChI is InChI=1S/C14H13ClN2O2S/c1-9-2-5-12(16)7-14(9)20-8-10-3-4-11(15)6-13(10)17(18)19/h2-7H,8,16H2,1H3. The molecule has 2 rings (SSSR count). The van der Waals surface area contributed by atoms with Gasteiger partial charge in [-0.25, -0.2) is 0 Å². The topological polar surface area (TPSA) is 69.2 Å². The summed E-state index contributed by atoms with van der Waals surface area (Å²) >= 11 is 7.32. The molecule has 0 amide bonds. The van der Waals surface area contributed by atoms with E-state index in [4.69, 9.17) is 17.3 Å². The highest BCUT2D eigenvalue weighted by atomic mass is 35.5. The molecule has 0 aliphatic carbocycles. The van der Waals surface area contributed by atoms with Crippen LogP contribution in [0.4, 0.5) is 11.4 Å². The Morgan fingerprint density at radius 2 is 2.05 bits per heavy atom. The molecule has 4 nitrogen and oxygen atoms in total. The van der Waals surface area contributed by atoms with E-state index in [-0.39, 0.29) is 5.69 Å². The van der Waals surface area contributed by atoms with Crippen LogP contribution in [0.1, 0.15) is 11.1 Å². The van der Waals surface area contributed by atoms with Gasteiger partial charge in [-0.05, 0) is 36.8 Å². The summed E-state index contributed by atoms with van der Waals surface area (Å²) in [7, 11) is 0. The molecule has 0 aliphatic rings. The molecule has 0 atom stereocenters. The SMILES string of the molecule is Cc1ccc(N)cc1SCc1ccc(Cl)cc1[N+](=O)[O-]. The van der Waals surface area contributed by atoms with Gasteiger partial charge in [0.15, 0.2) is 0 Å². The second-order valence-electron chi connectivity index (χ2n) is 4.34. The monoisotopic (exact) mass is 308 g/mol. The first-order chi connectivity index (χ1) is 9.47. The second-order valence-corrected chi connectivity index (χ2v) is 5.80. The molecule has 0 saturated carbocycles. The molecule has 6 heteroatoms. The maximum absolute atomic E-state index is 11.0. The van der Waals surface area contributed by atoms with E-state index in [1.54, 1.807) is 12.1 Å². The van der Waals surface area contributed by atoms with E-state index >= 15 is 0 Å². The number of nitro benzene ring substituents is 1. The number of anilines is 1. The van der Waals surface area contributed by atoms with Gasteiger partial charge >= 0.3 is 0 Å². The number of rotatable bonds is 4. The number of nitrogens with zero attached hydrogens (tertiary/aromatic N) is 1. The fourth-order valence-electron chi connectivity index (χ4n) is 1.76. The van der Waals surface area contributed by atoms with Crippen LogP contribution in [0.2, 0.25) is 5.02 Å². The molecule has 0 fully saturated rings. The lowest BCUT2D eigenvalue weighted by Crippen LogP contribution is -1.94. The van der Waals surface area contributed by atoms with Crippen molar-refractivity contribution < 1.29 is 4.92 Å². The minimum atomic E-state index is -0.409. The second kappa shape index (κ2) is 6.15. The first-order valence-corrected chi connectivity index (χ1v) is 7.25. The molecule has 2 aromatic carbocycles. The van der Waals surface area contributed by atoms with Gasteiger partial charge in [0.25, 0.3) is 5.69 Å². The number of aryl methyl sites for hydroxylation is 1. The minimum absolute atomic E-state index is 0.0477. The molecule has 0 spiro atoms. The number of nitrogen functional groups attached to an aromatic ring is 1. The van der Waals surface area contributed by atoms with Crippen molar-refractivity contribution in [1.29, 1.82) is 0 Å². The van der Waals surface area contributed by atoms with Crippen LogP contribution in [0, 0.1) is 17.0 Å². The average Bonchev–Trinajstić information content (AvgIpc) is 2.40. The highest BCUT2D eigenvalue weighted by molar-refractivity contribution is 7.98. The maximum Gasteiger partial charge on any atom is 0.274 e. The molecule has 20 heavy (non-hydrogen) atoms. The number of hydrogen-bond acceptors (Lipinski definition) is 4. The summed E-state index contributed by atoms with van der Waals surface area (Å²) in [5.41, 5.74) is 8.23. The summed E-state index contributed by atoms with van der Waals surface area (Å²) in [4.78, 5) is 11.6. The summed E-state index contributed by atoms with van der Waals surface area (Å²) in [6.07, 6.45) is 0. The van der Waals surface area contributed by atoms with Crippen molar-refractivity contribution in [2.75, 3.05) is 5.73 Å². The molecular formula is C14H13ClN2O2S. The quantitative estimate of drug-likeness (QED) is 0.392. The van der Waals surface area contributed by atoms with Crippen LogP contribution < -0.4 is 5.73 Å². The third-order valence-electron chi connectivity index (χ3n) is 2.84. The van der Waals surface area contributed by atoms with Gasteiger partial charge in [0.1, 0.15) is 0 Å². The molecule has 0 aromatic heterocycles. The summed E-state index contributed by atoms with van der Waals surface area (Å²) in [6, 6.07) is 10.4. The molecule has 0 aliphatic heterocycles. The van der Waals surface area contributed by atoms with Crippen molar-refractivity contribution in [1.82, 2.24) is 0 Å². The van der Waals surface area contributed by atoms with Crippen LogP contribution >= 0.6 is 23.4 Å². The number of hydrogen-bond donors (Lipinski definition) is 1. The Bertz CT molecular complexity index is 662. The maximum atomic E-state index is 11.0. The van der Waals surface area contributed by atoms with Gasteiger partial charge in [-0.1, -0.05) is 17.7 Å². The molecule has 0 unspecified atom stereocenters. The van der Waals surface area contributed by atoms with Crippen LogP contribution in [0.3, 0.4) is 0 Å². The predicted octanol–water partition coefficient (Wildman–Crippen LogP) is 4.43. The van der Waals surface area contributed by atoms with E-state index < -0.39 is 4.92 Å². The van der Waals surface area contributed by atoms with Crippen LogP contribution in [0.25, 0.3) is 0 Å². The van der Waals surface area contributed by atoms with E-state index in [9.17, 15) is 10.1 Å². The zero-order valence-electron chi connectivity index (χ0n) is 10.8. The highest BCUT2D eigenvalue weighted by Gasteiger charge is 2.14. The van der Waals surface area contributed by atoms with E-state index in [0.29, 0.717) is 22.0 Å². The van der Waals surface area contributed by atoms with Gasteiger partial charge < -0.3 is 5.73 Å². The lowest BCUT2D eigenvalue weighted by atomic mass is 10.2. The number of benzene rings is 2. The van der Waals surface area contributed by atoms with Gasteiger partial charge in [-0.3, -0.25) is 10.1 Å². The van der Waals surface area contributed by atoms with Crippen molar-refractivity contribution in [3.05, 3.63) is 62.7 Å². The lowest BCUT2D eigenvalue weighted by Gasteiger charge is -2.07. The van der Waals surface area contributed by atoms with Crippen molar-refractivity contribution >= 4 is 34.7 Å². The summed E-state index contributed by atoms with van der Waals surface area (Å²) in [5.74, 6) is 0.498. The highest BCUT2D eigenvalue weighted by Crippen LogP contribution is 2.32. The molecule has 2 aromatic rings. The summed E-state index contributed by atoms with van der Waals surface area (Å²) in [5, 5.41) is 11.4. The Morgan fingerprint density at radius 3 is 2.75 bits per heavy atom. The van der Waals surface area contributed by atoms with Crippen molar-refractivity contribution in [3.8, 4) is 0 Å². The summed E-state index contributed by atoms with van der Waals surface area (Å²) in [6.45, 7) is 1.98. The molecule has 104 valence electrons. The molecule has 0 heterocycles. The number of nitro groups is 1. The summed E-state index contributed by atoms with van der Waals surface area (Å²) < 4.78 is 0. The van der Waals surface area contributed by atoms with Crippen molar-refractivity contribution in [3.63, 3.8) is 0 Å². The zero-order chi connectivity index (χ0) is 14.7. The Morgan fingerprint density at radius 1 is 1.30 bits per heavy atom. The van der Waals surface area contributed by atoms with Crippen LogP contribution in [0.15, 0.2) is 41.3 Å². The van der Waals surface area contributed by atoms with E-state index in [2.05, 4.69) is 0 Å². The number of thioether (sulfide) groups is 1. The van der Waals surface area contributed by atoms with Gasteiger partial charge in [0, 0.05) is 33.0 Å². The number of halogens is 1. The minimum Gasteiger partial charge on any atom is -0.399 e. The molecule has 0 saturated heterocycles. The zero-order valence-corrected chi connectivity index (χ0v) is 12.4. The molecular weight excluding hydrogens is 296 g/mol. The van der Waals surface area contributed by atoms with Crippen LogP contribution in [-0.2, 0) is 5.75 Å². The van der Waals surface area contributed by atoms with Crippen molar-refractivity contribution in [2.45, 2.75) is 17.6 Å². The van der Waals surface area contributed by atoms with Crippen molar-refractivity contribution in [2.24, 2.45) is 0 Å². The van der Waals surface area contributed by atoms with E-state index in [1.165, 1.54) is 17.8 Å². The smallest absolute Gasteiger partial charge is 0.274 e. The van der Waals surface area contributed by atoms with E-state index in [0.717, 1.165) is 10.5 Å². The normalized spacial score (nSPS) is 10.5. The third kappa shape index (κ3) is 3.43. The van der Waals surface area contributed by atoms with Gasteiger partial charge in [0.2, 0.25) is 0 Å².